The molecule has 3 heteroatoms. The molecular formula is C10H21NO2. The quantitative estimate of drug-likeness (QED) is 0.672. The van der Waals surface area contributed by atoms with Crippen molar-refractivity contribution in [3.05, 3.63) is 0 Å². The van der Waals surface area contributed by atoms with Crippen molar-refractivity contribution >= 4 is 0 Å². The molecule has 1 heterocycles. The fraction of sp³-hybridized carbons (Fsp3) is 1.00. The van der Waals surface area contributed by atoms with Crippen LogP contribution < -0.4 is 0 Å². The van der Waals surface area contributed by atoms with E-state index in [-0.39, 0.29) is 6.10 Å². The Morgan fingerprint density at radius 3 is 2.92 bits per heavy atom. The Kier molecular flexibility index (Phi) is 4.70. The minimum atomic E-state index is -0.200. The number of likely N-dealkylation sites (tertiary alicyclic amines) is 1. The normalized spacial score (nSPS) is 27.5. The molecule has 0 spiro atoms. The summed E-state index contributed by atoms with van der Waals surface area (Å²) in [5.74, 6) is 0.461. The highest BCUT2D eigenvalue weighted by Crippen LogP contribution is 2.15. The zero-order valence-electron chi connectivity index (χ0n) is 8.45. The summed E-state index contributed by atoms with van der Waals surface area (Å²) < 4.78 is 0. The summed E-state index contributed by atoms with van der Waals surface area (Å²) in [6, 6.07) is 0. The Balaban J connectivity index is 2.18. The predicted molar refractivity (Wildman–Crippen MR) is 52.5 cm³/mol. The van der Waals surface area contributed by atoms with Crippen LogP contribution in [0.15, 0.2) is 0 Å². The first kappa shape index (κ1) is 11.0. The molecule has 0 saturated carbocycles. The first-order chi connectivity index (χ1) is 6.22. The van der Waals surface area contributed by atoms with Gasteiger partial charge in [0.1, 0.15) is 0 Å². The zero-order chi connectivity index (χ0) is 9.68. The van der Waals surface area contributed by atoms with Gasteiger partial charge in [0.2, 0.25) is 0 Å². The number of nitrogens with zero attached hydrogens (tertiary/aromatic N) is 1. The van der Waals surface area contributed by atoms with Crippen LogP contribution in [0.1, 0.15) is 26.2 Å². The third kappa shape index (κ3) is 4.07. The van der Waals surface area contributed by atoms with E-state index in [9.17, 15) is 0 Å². The van der Waals surface area contributed by atoms with E-state index in [4.69, 9.17) is 10.2 Å². The molecule has 0 aromatic heterocycles. The molecule has 0 bridgehead atoms. The molecular weight excluding hydrogens is 166 g/mol. The van der Waals surface area contributed by atoms with Crippen molar-refractivity contribution in [1.82, 2.24) is 4.90 Å². The number of rotatable bonds is 4. The minimum absolute atomic E-state index is 0.200. The van der Waals surface area contributed by atoms with Crippen LogP contribution in [0.2, 0.25) is 0 Å². The summed E-state index contributed by atoms with van der Waals surface area (Å²) in [7, 11) is 0. The third-order valence-corrected chi connectivity index (χ3v) is 2.72. The molecule has 2 unspecified atom stereocenters. The van der Waals surface area contributed by atoms with E-state index in [1.165, 1.54) is 6.42 Å². The van der Waals surface area contributed by atoms with Crippen molar-refractivity contribution in [3.8, 4) is 0 Å². The largest absolute Gasteiger partial charge is 0.396 e. The van der Waals surface area contributed by atoms with Gasteiger partial charge in [-0.3, -0.25) is 0 Å². The highest BCUT2D eigenvalue weighted by Gasteiger charge is 2.18. The number of hydrogen-bond donors (Lipinski definition) is 2. The summed E-state index contributed by atoms with van der Waals surface area (Å²) in [4.78, 5) is 2.34. The van der Waals surface area contributed by atoms with Gasteiger partial charge < -0.3 is 15.1 Å². The topological polar surface area (TPSA) is 43.7 Å². The van der Waals surface area contributed by atoms with Crippen molar-refractivity contribution < 1.29 is 10.2 Å². The first-order valence-electron chi connectivity index (χ1n) is 5.23. The fourth-order valence-corrected chi connectivity index (χ4v) is 1.87. The lowest BCUT2D eigenvalue weighted by molar-refractivity contribution is 0.101. The number of aliphatic hydroxyl groups excluding tert-OH is 2. The van der Waals surface area contributed by atoms with E-state index in [1.807, 2.05) is 6.92 Å². The average Bonchev–Trinajstić information content (AvgIpc) is 2.15. The molecule has 0 amide bonds. The predicted octanol–water partition coefficient (Wildman–Crippen LogP) is 0.462. The fourth-order valence-electron chi connectivity index (χ4n) is 1.87. The molecule has 13 heavy (non-hydrogen) atoms. The second-order valence-corrected chi connectivity index (χ2v) is 4.13. The first-order valence-corrected chi connectivity index (χ1v) is 5.23. The molecule has 1 rings (SSSR count). The monoisotopic (exact) mass is 187 g/mol. The van der Waals surface area contributed by atoms with Crippen LogP contribution in [0.4, 0.5) is 0 Å². The standard InChI is InChI=1S/C10H21NO2/c1-9(13)4-6-11-5-2-3-10(7-11)8-12/h9-10,12-13H,2-8H2,1H3. The molecule has 1 aliphatic heterocycles. The SMILES string of the molecule is CC(O)CCN1CCCC(CO)C1. The van der Waals surface area contributed by atoms with Crippen molar-refractivity contribution in [3.63, 3.8) is 0 Å². The van der Waals surface area contributed by atoms with Gasteiger partial charge in [-0.15, -0.1) is 0 Å². The van der Waals surface area contributed by atoms with Gasteiger partial charge in [0.25, 0.3) is 0 Å². The van der Waals surface area contributed by atoms with E-state index in [2.05, 4.69) is 4.90 Å². The molecule has 3 nitrogen and oxygen atoms in total. The summed E-state index contributed by atoms with van der Waals surface area (Å²) in [5.41, 5.74) is 0. The summed E-state index contributed by atoms with van der Waals surface area (Å²) >= 11 is 0. The molecule has 2 atom stereocenters. The number of piperidine rings is 1. The summed E-state index contributed by atoms with van der Waals surface area (Å²) in [6.45, 7) is 5.24. The molecule has 1 aliphatic rings. The second-order valence-electron chi connectivity index (χ2n) is 4.13. The second kappa shape index (κ2) is 5.58. The van der Waals surface area contributed by atoms with Crippen LogP contribution in [-0.4, -0.2) is 47.5 Å². The summed E-state index contributed by atoms with van der Waals surface area (Å²) in [5, 5.41) is 18.1. The maximum Gasteiger partial charge on any atom is 0.0524 e. The van der Waals surface area contributed by atoms with Gasteiger partial charge in [0, 0.05) is 19.7 Å². The Hall–Kier alpha value is -0.120. The van der Waals surface area contributed by atoms with Crippen molar-refractivity contribution in [2.24, 2.45) is 5.92 Å². The van der Waals surface area contributed by atoms with E-state index in [0.29, 0.717) is 12.5 Å². The van der Waals surface area contributed by atoms with Crippen LogP contribution in [0.3, 0.4) is 0 Å². The Labute approximate surface area is 80.4 Å². The van der Waals surface area contributed by atoms with Gasteiger partial charge in [0.15, 0.2) is 0 Å². The number of hydrogen-bond acceptors (Lipinski definition) is 3. The smallest absolute Gasteiger partial charge is 0.0524 e. The average molecular weight is 187 g/mol. The lowest BCUT2D eigenvalue weighted by Crippen LogP contribution is -2.38. The maximum absolute atomic E-state index is 9.13. The molecule has 0 aliphatic carbocycles. The van der Waals surface area contributed by atoms with Crippen LogP contribution in [-0.2, 0) is 0 Å². The molecule has 1 fully saturated rings. The molecule has 0 radical (unpaired) electrons. The van der Waals surface area contributed by atoms with Crippen LogP contribution in [0.25, 0.3) is 0 Å². The maximum atomic E-state index is 9.13. The Bertz CT molecular complexity index is 139. The zero-order valence-corrected chi connectivity index (χ0v) is 8.45. The Morgan fingerprint density at radius 2 is 2.31 bits per heavy atom. The van der Waals surface area contributed by atoms with E-state index in [1.54, 1.807) is 0 Å². The van der Waals surface area contributed by atoms with Gasteiger partial charge >= 0.3 is 0 Å². The Morgan fingerprint density at radius 1 is 1.54 bits per heavy atom. The molecule has 78 valence electrons. The van der Waals surface area contributed by atoms with Crippen molar-refractivity contribution in [2.45, 2.75) is 32.3 Å². The van der Waals surface area contributed by atoms with Gasteiger partial charge in [-0.2, -0.15) is 0 Å². The van der Waals surface area contributed by atoms with E-state index >= 15 is 0 Å². The minimum Gasteiger partial charge on any atom is -0.396 e. The van der Waals surface area contributed by atoms with E-state index in [0.717, 1.165) is 32.5 Å². The van der Waals surface area contributed by atoms with Gasteiger partial charge in [-0.05, 0) is 38.6 Å². The molecule has 0 aromatic rings. The summed E-state index contributed by atoms with van der Waals surface area (Å²) in [6.07, 6.45) is 2.99. The molecule has 2 N–H and O–H groups in total. The van der Waals surface area contributed by atoms with Crippen LogP contribution in [0.5, 0.6) is 0 Å². The highest BCUT2D eigenvalue weighted by molar-refractivity contribution is 4.72. The lowest BCUT2D eigenvalue weighted by atomic mass is 9.99. The van der Waals surface area contributed by atoms with Crippen LogP contribution in [0, 0.1) is 5.92 Å². The lowest BCUT2D eigenvalue weighted by Gasteiger charge is -2.31. The van der Waals surface area contributed by atoms with Gasteiger partial charge in [0.05, 0.1) is 6.10 Å². The van der Waals surface area contributed by atoms with Gasteiger partial charge in [-0.1, -0.05) is 0 Å². The van der Waals surface area contributed by atoms with Crippen molar-refractivity contribution in [1.29, 1.82) is 0 Å². The molecule has 0 aromatic carbocycles. The number of aliphatic hydroxyl groups is 2. The highest BCUT2D eigenvalue weighted by atomic mass is 16.3. The van der Waals surface area contributed by atoms with E-state index < -0.39 is 0 Å². The third-order valence-electron chi connectivity index (χ3n) is 2.72. The molecule has 1 saturated heterocycles. The van der Waals surface area contributed by atoms with Gasteiger partial charge in [-0.25, -0.2) is 0 Å². The van der Waals surface area contributed by atoms with Crippen LogP contribution >= 0.6 is 0 Å². The van der Waals surface area contributed by atoms with Crippen molar-refractivity contribution in [2.75, 3.05) is 26.2 Å².